The SMILES string of the molecule is CCOC(=O)c1ccccc1NC(=O)CSc1nc2cc(-c3ccccc3)sc2c(=O)n1CC. The van der Waals surface area contributed by atoms with Crippen molar-refractivity contribution in [2.75, 3.05) is 17.7 Å². The van der Waals surface area contributed by atoms with Crippen molar-refractivity contribution in [3.63, 3.8) is 0 Å². The molecule has 1 N–H and O–H groups in total. The third-order valence-electron chi connectivity index (χ3n) is 5.00. The number of benzene rings is 2. The maximum Gasteiger partial charge on any atom is 0.340 e. The molecule has 0 saturated heterocycles. The van der Waals surface area contributed by atoms with Crippen molar-refractivity contribution >= 4 is 50.9 Å². The van der Waals surface area contributed by atoms with Gasteiger partial charge in [0.1, 0.15) is 4.70 Å². The number of fused-ring (bicyclic) bond motifs is 1. The number of para-hydroxylation sites is 1. The molecule has 2 aromatic heterocycles. The van der Waals surface area contributed by atoms with Gasteiger partial charge in [-0.25, -0.2) is 9.78 Å². The lowest BCUT2D eigenvalue weighted by Crippen LogP contribution is -2.23. The number of thiophene rings is 1. The number of anilines is 1. The fraction of sp³-hybridized carbons (Fsp3) is 0.200. The zero-order chi connectivity index (χ0) is 24.1. The Balaban J connectivity index is 1.55. The molecule has 0 atom stereocenters. The lowest BCUT2D eigenvalue weighted by Gasteiger charge is -2.11. The van der Waals surface area contributed by atoms with Crippen LogP contribution in [-0.2, 0) is 16.1 Å². The van der Waals surface area contributed by atoms with E-state index in [1.807, 2.05) is 43.3 Å². The maximum atomic E-state index is 13.1. The van der Waals surface area contributed by atoms with Gasteiger partial charge in [-0.1, -0.05) is 54.2 Å². The molecule has 0 bridgehead atoms. The smallest absolute Gasteiger partial charge is 0.340 e. The zero-order valence-corrected chi connectivity index (χ0v) is 20.4. The summed E-state index contributed by atoms with van der Waals surface area (Å²) in [6.45, 7) is 4.29. The summed E-state index contributed by atoms with van der Waals surface area (Å²) in [7, 11) is 0. The molecule has 0 aliphatic rings. The second-order valence-corrected chi connectivity index (χ2v) is 9.23. The minimum Gasteiger partial charge on any atom is -0.462 e. The Morgan fingerprint density at radius 1 is 1.09 bits per heavy atom. The molecule has 174 valence electrons. The van der Waals surface area contributed by atoms with Gasteiger partial charge in [0.15, 0.2) is 5.16 Å². The number of hydrogen-bond donors (Lipinski definition) is 1. The summed E-state index contributed by atoms with van der Waals surface area (Å²) in [6, 6.07) is 18.5. The van der Waals surface area contributed by atoms with Crippen molar-refractivity contribution in [1.29, 1.82) is 0 Å². The van der Waals surface area contributed by atoms with E-state index in [0.717, 1.165) is 10.4 Å². The number of carbonyl (C=O) groups excluding carboxylic acids is 2. The normalized spacial score (nSPS) is 10.9. The molecule has 2 aromatic carbocycles. The maximum absolute atomic E-state index is 13.1. The molecule has 4 aromatic rings. The highest BCUT2D eigenvalue weighted by Crippen LogP contribution is 2.32. The van der Waals surface area contributed by atoms with Gasteiger partial charge in [-0.3, -0.25) is 14.2 Å². The standard InChI is InChI=1S/C25H23N3O4S2/c1-3-28-23(30)22-19(14-20(34-22)16-10-6-5-7-11-16)27-25(28)33-15-21(29)26-18-13-9-8-12-17(18)24(31)32-4-2/h5-14H,3-4,15H2,1-2H3,(H,26,29). The highest BCUT2D eigenvalue weighted by molar-refractivity contribution is 7.99. The molecule has 0 aliphatic heterocycles. The molecular formula is C25H23N3O4S2. The molecular weight excluding hydrogens is 470 g/mol. The first-order valence-electron chi connectivity index (χ1n) is 10.8. The van der Waals surface area contributed by atoms with Crippen LogP contribution in [0.15, 0.2) is 70.6 Å². The predicted octanol–water partition coefficient (Wildman–Crippen LogP) is 5.05. The minimum atomic E-state index is -0.496. The quantitative estimate of drug-likeness (QED) is 0.210. The fourth-order valence-corrected chi connectivity index (χ4v) is 5.33. The number of amides is 1. The highest BCUT2D eigenvalue weighted by atomic mass is 32.2. The Hall–Kier alpha value is -3.43. The average molecular weight is 494 g/mol. The Labute approximate surface area is 204 Å². The van der Waals surface area contributed by atoms with E-state index in [1.54, 1.807) is 35.8 Å². The van der Waals surface area contributed by atoms with E-state index >= 15 is 0 Å². The largest absolute Gasteiger partial charge is 0.462 e. The van der Waals surface area contributed by atoms with E-state index in [-0.39, 0.29) is 23.8 Å². The lowest BCUT2D eigenvalue weighted by atomic mass is 10.2. The number of carbonyl (C=O) groups is 2. The molecule has 0 unspecified atom stereocenters. The molecule has 9 heteroatoms. The number of nitrogens with zero attached hydrogens (tertiary/aromatic N) is 2. The van der Waals surface area contributed by atoms with Crippen molar-refractivity contribution in [3.05, 3.63) is 76.6 Å². The fourth-order valence-electron chi connectivity index (χ4n) is 3.42. The van der Waals surface area contributed by atoms with Crippen LogP contribution in [0.25, 0.3) is 20.7 Å². The molecule has 1 amide bonds. The number of rotatable bonds is 8. The first kappa shape index (κ1) is 23.7. The monoisotopic (exact) mass is 493 g/mol. The van der Waals surface area contributed by atoms with Gasteiger partial charge in [0, 0.05) is 11.4 Å². The van der Waals surface area contributed by atoms with Gasteiger partial charge >= 0.3 is 5.97 Å². The second-order valence-electron chi connectivity index (χ2n) is 7.24. The number of hydrogen-bond acceptors (Lipinski definition) is 7. The van der Waals surface area contributed by atoms with Crippen molar-refractivity contribution in [2.45, 2.75) is 25.5 Å². The van der Waals surface area contributed by atoms with Gasteiger partial charge in [-0.2, -0.15) is 0 Å². The molecule has 34 heavy (non-hydrogen) atoms. The van der Waals surface area contributed by atoms with Crippen LogP contribution in [-0.4, -0.2) is 33.8 Å². The summed E-state index contributed by atoms with van der Waals surface area (Å²) in [4.78, 5) is 43.6. The molecule has 0 spiro atoms. The molecule has 7 nitrogen and oxygen atoms in total. The van der Waals surface area contributed by atoms with Crippen molar-refractivity contribution in [1.82, 2.24) is 9.55 Å². The van der Waals surface area contributed by atoms with Crippen molar-refractivity contribution in [3.8, 4) is 10.4 Å². The third-order valence-corrected chi connectivity index (χ3v) is 7.14. The lowest BCUT2D eigenvalue weighted by molar-refractivity contribution is -0.113. The van der Waals surface area contributed by atoms with Gasteiger partial charge in [-0.05, 0) is 37.6 Å². The van der Waals surface area contributed by atoms with Crippen LogP contribution >= 0.6 is 23.1 Å². The van der Waals surface area contributed by atoms with E-state index in [9.17, 15) is 14.4 Å². The van der Waals surface area contributed by atoms with Crippen LogP contribution in [0.2, 0.25) is 0 Å². The first-order valence-corrected chi connectivity index (χ1v) is 12.6. The van der Waals surface area contributed by atoms with E-state index in [2.05, 4.69) is 10.3 Å². The Bertz CT molecular complexity index is 1400. The first-order chi connectivity index (χ1) is 16.5. The average Bonchev–Trinajstić information content (AvgIpc) is 3.28. The molecule has 2 heterocycles. The molecule has 0 radical (unpaired) electrons. The van der Waals surface area contributed by atoms with Gasteiger partial charge in [0.25, 0.3) is 5.56 Å². The minimum absolute atomic E-state index is 0.0325. The van der Waals surface area contributed by atoms with Gasteiger partial charge in [0.2, 0.25) is 5.91 Å². The van der Waals surface area contributed by atoms with Crippen LogP contribution in [0, 0.1) is 0 Å². The Morgan fingerprint density at radius 3 is 2.56 bits per heavy atom. The van der Waals surface area contributed by atoms with E-state index in [4.69, 9.17) is 4.74 Å². The number of thioether (sulfide) groups is 1. The van der Waals surface area contributed by atoms with E-state index in [0.29, 0.717) is 33.2 Å². The van der Waals surface area contributed by atoms with E-state index < -0.39 is 5.97 Å². The topological polar surface area (TPSA) is 90.3 Å². The number of ether oxygens (including phenoxy) is 1. The summed E-state index contributed by atoms with van der Waals surface area (Å²) in [5, 5.41) is 3.24. The summed E-state index contributed by atoms with van der Waals surface area (Å²) < 4.78 is 7.23. The molecule has 0 saturated carbocycles. The second kappa shape index (κ2) is 10.7. The van der Waals surface area contributed by atoms with Gasteiger partial charge < -0.3 is 10.1 Å². The number of aromatic nitrogens is 2. The van der Waals surface area contributed by atoms with Crippen LogP contribution in [0.3, 0.4) is 0 Å². The molecule has 0 aliphatic carbocycles. The van der Waals surface area contributed by atoms with Crippen LogP contribution in [0.1, 0.15) is 24.2 Å². The van der Waals surface area contributed by atoms with Gasteiger partial charge in [-0.15, -0.1) is 11.3 Å². The van der Waals surface area contributed by atoms with Crippen molar-refractivity contribution in [2.24, 2.45) is 0 Å². The van der Waals surface area contributed by atoms with E-state index in [1.165, 1.54) is 23.1 Å². The molecule has 0 fully saturated rings. The summed E-state index contributed by atoms with van der Waals surface area (Å²) in [5.74, 6) is -0.774. The summed E-state index contributed by atoms with van der Waals surface area (Å²) in [6.07, 6.45) is 0. The summed E-state index contributed by atoms with van der Waals surface area (Å²) in [5.41, 5.74) is 2.21. The van der Waals surface area contributed by atoms with Crippen LogP contribution in [0.5, 0.6) is 0 Å². The number of nitrogens with one attached hydrogen (secondary N) is 1. The van der Waals surface area contributed by atoms with Crippen LogP contribution in [0.4, 0.5) is 5.69 Å². The Kier molecular flexibility index (Phi) is 7.44. The molecule has 4 rings (SSSR count). The third kappa shape index (κ3) is 5.05. The van der Waals surface area contributed by atoms with Crippen LogP contribution < -0.4 is 10.9 Å². The predicted molar refractivity (Wildman–Crippen MR) is 137 cm³/mol. The Morgan fingerprint density at radius 2 is 1.82 bits per heavy atom. The zero-order valence-electron chi connectivity index (χ0n) is 18.7. The van der Waals surface area contributed by atoms with Gasteiger partial charge in [0.05, 0.1) is 29.1 Å². The number of esters is 1. The summed E-state index contributed by atoms with van der Waals surface area (Å²) >= 11 is 2.61. The van der Waals surface area contributed by atoms with Crippen molar-refractivity contribution < 1.29 is 14.3 Å². The highest BCUT2D eigenvalue weighted by Gasteiger charge is 2.17.